The van der Waals surface area contributed by atoms with Gasteiger partial charge < -0.3 is 15.3 Å². The molecule has 0 aliphatic heterocycles. The van der Waals surface area contributed by atoms with Gasteiger partial charge >= 0.3 is 12.0 Å². The number of carboxylic acids is 1. The van der Waals surface area contributed by atoms with E-state index < -0.39 is 11.9 Å². The molecule has 1 atom stereocenters. The van der Waals surface area contributed by atoms with Gasteiger partial charge in [-0.2, -0.15) is 0 Å². The quantitative estimate of drug-likeness (QED) is 0.780. The molecule has 0 radical (unpaired) electrons. The number of nitrogens with zero attached hydrogens (tertiary/aromatic N) is 1. The number of carboxylic acid groups (broad SMARTS) is 1. The van der Waals surface area contributed by atoms with Crippen molar-refractivity contribution in [3.63, 3.8) is 0 Å². The van der Waals surface area contributed by atoms with Crippen LogP contribution in [0.5, 0.6) is 0 Å². The summed E-state index contributed by atoms with van der Waals surface area (Å²) >= 11 is 0. The van der Waals surface area contributed by atoms with Crippen LogP contribution in [-0.2, 0) is 4.79 Å². The molecular weight excluding hydrogens is 244 g/mol. The third kappa shape index (κ3) is 7.03. The number of carbonyl (C=O) groups excluding carboxylic acids is 1. The first-order chi connectivity index (χ1) is 8.58. The molecule has 0 aliphatic rings. The summed E-state index contributed by atoms with van der Waals surface area (Å²) in [4.78, 5) is 24.8. The Morgan fingerprint density at radius 2 is 1.79 bits per heavy atom. The van der Waals surface area contributed by atoms with Gasteiger partial charge in [0.2, 0.25) is 0 Å². The predicted octanol–water partition coefficient (Wildman–Crippen LogP) is 2.56. The Balaban J connectivity index is 4.48. The molecule has 1 unspecified atom stereocenters. The van der Waals surface area contributed by atoms with E-state index in [0.29, 0.717) is 13.0 Å². The molecule has 2 N–H and O–H groups in total. The molecule has 0 aromatic rings. The van der Waals surface area contributed by atoms with Crippen LogP contribution in [0.2, 0.25) is 0 Å². The molecule has 19 heavy (non-hydrogen) atoms. The van der Waals surface area contributed by atoms with Crippen LogP contribution >= 0.6 is 0 Å². The van der Waals surface area contributed by atoms with Crippen molar-refractivity contribution in [2.45, 2.75) is 54.0 Å². The number of urea groups is 1. The van der Waals surface area contributed by atoms with Crippen molar-refractivity contribution in [1.82, 2.24) is 10.2 Å². The Morgan fingerprint density at radius 1 is 1.26 bits per heavy atom. The van der Waals surface area contributed by atoms with E-state index >= 15 is 0 Å². The van der Waals surface area contributed by atoms with E-state index in [1.54, 1.807) is 4.90 Å². The topological polar surface area (TPSA) is 69.6 Å². The Morgan fingerprint density at radius 3 is 2.11 bits per heavy atom. The highest BCUT2D eigenvalue weighted by atomic mass is 16.4. The van der Waals surface area contributed by atoms with Crippen molar-refractivity contribution in [2.24, 2.45) is 11.3 Å². The van der Waals surface area contributed by atoms with E-state index in [1.807, 2.05) is 41.5 Å². The Labute approximate surface area is 116 Å². The third-order valence-corrected chi connectivity index (χ3v) is 2.93. The fraction of sp³-hybridized carbons (Fsp3) is 0.857. The van der Waals surface area contributed by atoms with Crippen LogP contribution in [-0.4, -0.2) is 41.1 Å². The van der Waals surface area contributed by atoms with E-state index in [9.17, 15) is 14.7 Å². The van der Waals surface area contributed by atoms with E-state index in [4.69, 9.17) is 0 Å². The van der Waals surface area contributed by atoms with Crippen molar-refractivity contribution in [3.05, 3.63) is 0 Å². The van der Waals surface area contributed by atoms with Gasteiger partial charge in [-0.25, -0.2) is 4.79 Å². The summed E-state index contributed by atoms with van der Waals surface area (Å²) in [6.45, 7) is 12.6. The monoisotopic (exact) mass is 272 g/mol. The van der Waals surface area contributed by atoms with Crippen LogP contribution in [0.1, 0.15) is 48.0 Å². The lowest BCUT2D eigenvalue weighted by Gasteiger charge is -2.27. The minimum absolute atomic E-state index is 0.0731. The van der Waals surface area contributed by atoms with Gasteiger partial charge in [-0.15, -0.1) is 0 Å². The number of hydrogen-bond donors (Lipinski definition) is 2. The predicted molar refractivity (Wildman–Crippen MR) is 76.1 cm³/mol. The molecule has 0 saturated heterocycles. The zero-order valence-electron chi connectivity index (χ0n) is 13.0. The number of amides is 2. The Kier molecular flexibility index (Phi) is 6.87. The number of hydrogen-bond acceptors (Lipinski definition) is 2. The minimum atomic E-state index is -0.858. The number of nitrogens with one attached hydrogen (secondary N) is 1. The summed E-state index contributed by atoms with van der Waals surface area (Å²) in [6, 6.07) is -0.0893. The molecule has 0 aromatic heterocycles. The molecule has 0 bridgehead atoms. The molecule has 0 heterocycles. The van der Waals surface area contributed by atoms with Crippen molar-refractivity contribution in [1.29, 1.82) is 0 Å². The highest BCUT2D eigenvalue weighted by molar-refractivity contribution is 5.76. The molecule has 0 rings (SSSR count). The van der Waals surface area contributed by atoms with Crippen molar-refractivity contribution in [2.75, 3.05) is 13.1 Å². The molecule has 0 aliphatic carbocycles. The summed E-state index contributed by atoms with van der Waals surface area (Å²) < 4.78 is 0. The number of carbonyl (C=O) groups is 2. The highest BCUT2D eigenvalue weighted by Gasteiger charge is 2.25. The summed E-state index contributed by atoms with van der Waals surface area (Å²) in [5.74, 6) is -1.40. The molecule has 2 amide bonds. The van der Waals surface area contributed by atoms with Gasteiger partial charge in [0.25, 0.3) is 0 Å². The lowest BCUT2D eigenvalue weighted by molar-refractivity contribution is -0.142. The van der Waals surface area contributed by atoms with Crippen LogP contribution in [0, 0.1) is 11.3 Å². The first-order valence-electron chi connectivity index (χ1n) is 6.85. The Bertz CT molecular complexity index is 308. The molecule has 0 fully saturated rings. The van der Waals surface area contributed by atoms with Gasteiger partial charge in [0, 0.05) is 19.1 Å². The summed E-state index contributed by atoms with van der Waals surface area (Å²) in [6.07, 6.45) is 0.538. The molecule has 0 saturated carbocycles. The maximum Gasteiger partial charge on any atom is 0.317 e. The number of aliphatic carboxylic acids is 1. The van der Waals surface area contributed by atoms with Crippen LogP contribution < -0.4 is 5.32 Å². The van der Waals surface area contributed by atoms with Crippen molar-refractivity contribution in [3.8, 4) is 0 Å². The van der Waals surface area contributed by atoms with Crippen molar-refractivity contribution < 1.29 is 14.7 Å². The highest BCUT2D eigenvalue weighted by Crippen LogP contribution is 2.24. The van der Waals surface area contributed by atoms with E-state index in [0.717, 1.165) is 0 Å². The third-order valence-electron chi connectivity index (χ3n) is 2.93. The zero-order valence-corrected chi connectivity index (χ0v) is 13.0. The normalized spacial score (nSPS) is 13.2. The van der Waals surface area contributed by atoms with Crippen molar-refractivity contribution >= 4 is 12.0 Å². The maximum atomic E-state index is 11.9. The van der Waals surface area contributed by atoms with Gasteiger partial charge in [-0.3, -0.25) is 4.79 Å². The van der Waals surface area contributed by atoms with Gasteiger partial charge in [0.05, 0.1) is 5.92 Å². The fourth-order valence-corrected chi connectivity index (χ4v) is 2.04. The second kappa shape index (κ2) is 7.36. The molecular formula is C14H28N2O3. The lowest BCUT2D eigenvalue weighted by Crippen LogP contribution is -2.46. The van der Waals surface area contributed by atoms with Crippen LogP contribution in [0.3, 0.4) is 0 Å². The molecule has 0 aromatic carbocycles. The smallest absolute Gasteiger partial charge is 0.317 e. The molecule has 5 heteroatoms. The van der Waals surface area contributed by atoms with Crippen LogP contribution in [0.25, 0.3) is 0 Å². The molecule has 5 nitrogen and oxygen atoms in total. The standard InChI is InChI=1S/C14H28N2O3/c1-7-16(10(2)3)13(19)15-9-11(12(17)18)8-14(4,5)6/h10-11H,7-9H2,1-6H3,(H,15,19)(H,17,18). The van der Waals surface area contributed by atoms with Gasteiger partial charge in [-0.1, -0.05) is 20.8 Å². The number of rotatable bonds is 6. The minimum Gasteiger partial charge on any atom is -0.481 e. The van der Waals surface area contributed by atoms with Crippen LogP contribution in [0.15, 0.2) is 0 Å². The first-order valence-corrected chi connectivity index (χ1v) is 6.85. The van der Waals surface area contributed by atoms with Gasteiger partial charge in [-0.05, 0) is 32.6 Å². The second-order valence-corrected chi connectivity index (χ2v) is 6.37. The van der Waals surface area contributed by atoms with E-state index in [-0.39, 0.29) is 24.0 Å². The average Bonchev–Trinajstić information content (AvgIpc) is 2.22. The second-order valence-electron chi connectivity index (χ2n) is 6.37. The SMILES string of the molecule is CCN(C(=O)NCC(CC(C)(C)C)C(=O)O)C(C)C. The average molecular weight is 272 g/mol. The van der Waals surface area contributed by atoms with E-state index in [2.05, 4.69) is 5.32 Å². The molecule has 112 valence electrons. The fourth-order valence-electron chi connectivity index (χ4n) is 2.04. The van der Waals surface area contributed by atoms with Crippen LogP contribution in [0.4, 0.5) is 4.79 Å². The summed E-state index contributed by atoms with van der Waals surface area (Å²) in [5.41, 5.74) is -0.0731. The van der Waals surface area contributed by atoms with Gasteiger partial charge in [0.1, 0.15) is 0 Å². The first kappa shape index (κ1) is 17.7. The molecule has 0 spiro atoms. The summed E-state index contributed by atoms with van der Waals surface area (Å²) in [5, 5.41) is 11.9. The maximum absolute atomic E-state index is 11.9. The largest absolute Gasteiger partial charge is 0.481 e. The lowest BCUT2D eigenvalue weighted by atomic mass is 9.84. The Hall–Kier alpha value is -1.26. The van der Waals surface area contributed by atoms with Gasteiger partial charge in [0.15, 0.2) is 0 Å². The van der Waals surface area contributed by atoms with E-state index in [1.165, 1.54) is 0 Å². The summed E-state index contributed by atoms with van der Waals surface area (Å²) in [7, 11) is 0. The zero-order chi connectivity index (χ0) is 15.2.